The van der Waals surface area contributed by atoms with Crippen LogP contribution in [0.1, 0.15) is 47.9 Å². The molecule has 0 N–H and O–H groups in total. The topological polar surface area (TPSA) is 82.4 Å². The first-order valence-electron chi connectivity index (χ1n) is 8.89. The minimum absolute atomic E-state index is 0.0300. The molecule has 27 heavy (non-hydrogen) atoms. The highest BCUT2D eigenvalue weighted by Gasteiger charge is 2.32. The van der Waals surface area contributed by atoms with Gasteiger partial charge in [0, 0.05) is 17.8 Å². The van der Waals surface area contributed by atoms with E-state index in [2.05, 4.69) is 0 Å². The molecule has 0 fully saturated rings. The SMILES string of the molecule is COC(=O)C1CCn2c(C(=O)c3ccc(S(=O)(=O)CC(C)C)cc3)ccc21. The van der Waals surface area contributed by atoms with Crippen LogP contribution in [0, 0.1) is 5.92 Å². The number of carbonyl (C=O) groups is 2. The van der Waals surface area contributed by atoms with Gasteiger partial charge in [-0.3, -0.25) is 9.59 Å². The molecule has 0 bridgehead atoms. The van der Waals surface area contributed by atoms with E-state index in [9.17, 15) is 18.0 Å². The molecule has 1 aliphatic rings. The summed E-state index contributed by atoms with van der Waals surface area (Å²) >= 11 is 0. The van der Waals surface area contributed by atoms with E-state index in [1.165, 1.54) is 19.2 Å². The summed E-state index contributed by atoms with van der Waals surface area (Å²) in [6.45, 7) is 4.28. The highest BCUT2D eigenvalue weighted by Crippen LogP contribution is 2.32. The van der Waals surface area contributed by atoms with Crippen molar-refractivity contribution in [2.75, 3.05) is 12.9 Å². The molecule has 144 valence electrons. The Balaban J connectivity index is 1.85. The molecule has 7 heteroatoms. The Morgan fingerprint density at radius 3 is 2.41 bits per heavy atom. The smallest absolute Gasteiger partial charge is 0.314 e. The Bertz CT molecular complexity index is 970. The Hall–Kier alpha value is -2.41. The van der Waals surface area contributed by atoms with Gasteiger partial charge in [0.2, 0.25) is 5.78 Å². The van der Waals surface area contributed by atoms with E-state index in [-0.39, 0.29) is 34.2 Å². The lowest BCUT2D eigenvalue weighted by Crippen LogP contribution is -2.13. The number of nitrogens with zero attached hydrogens (tertiary/aromatic N) is 1. The first-order chi connectivity index (χ1) is 12.7. The zero-order valence-electron chi connectivity index (χ0n) is 15.6. The second kappa shape index (κ2) is 7.31. The fraction of sp³-hybridized carbons (Fsp3) is 0.400. The Labute approximate surface area is 159 Å². The molecule has 0 saturated heterocycles. The van der Waals surface area contributed by atoms with Crippen LogP contribution in [0.3, 0.4) is 0 Å². The lowest BCUT2D eigenvalue weighted by atomic mass is 10.1. The third-order valence-electron chi connectivity index (χ3n) is 4.76. The zero-order chi connectivity index (χ0) is 19.8. The standard InChI is InChI=1S/C20H23NO5S/c1-13(2)12-27(24,25)15-6-4-14(5-7-15)19(22)18-9-8-17-16(20(23)26-3)10-11-21(17)18/h4-9,13,16H,10-12H2,1-3H3. The minimum Gasteiger partial charge on any atom is -0.469 e. The van der Waals surface area contributed by atoms with Gasteiger partial charge in [-0.05, 0) is 48.7 Å². The van der Waals surface area contributed by atoms with Crippen LogP contribution in [0.2, 0.25) is 0 Å². The molecule has 2 aromatic rings. The first-order valence-corrected chi connectivity index (χ1v) is 10.5. The number of methoxy groups -OCH3 is 1. The molecular formula is C20H23NO5S. The van der Waals surface area contributed by atoms with E-state index >= 15 is 0 Å². The maximum absolute atomic E-state index is 12.9. The fourth-order valence-corrected chi connectivity index (χ4v) is 5.14. The number of hydrogen-bond donors (Lipinski definition) is 0. The van der Waals surface area contributed by atoms with Gasteiger partial charge in [0.25, 0.3) is 0 Å². The zero-order valence-corrected chi connectivity index (χ0v) is 16.5. The van der Waals surface area contributed by atoms with Crippen LogP contribution in [0.15, 0.2) is 41.3 Å². The molecule has 2 heterocycles. The number of esters is 1. The maximum atomic E-state index is 12.9. The monoisotopic (exact) mass is 389 g/mol. The third-order valence-corrected chi connectivity index (χ3v) is 6.86. The van der Waals surface area contributed by atoms with E-state index in [1.54, 1.807) is 24.3 Å². The van der Waals surface area contributed by atoms with Crippen molar-refractivity contribution in [2.45, 2.75) is 37.6 Å². The average Bonchev–Trinajstić information content (AvgIpc) is 3.21. The average molecular weight is 389 g/mol. The summed E-state index contributed by atoms with van der Waals surface area (Å²) in [4.78, 5) is 24.9. The first kappa shape index (κ1) is 19.4. The molecule has 1 unspecified atom stereocenters. The summed E-state index contributed by atoms with van der Waals surface area (Å²) < 4.78 is 31.3. The number of sulfone groups is 1. The van der Waals surface area contributed by atoms with Crippen molar-refractivity contribution in [3.05, 3.63) is 53.3 Å². The van der Waals surface area contributed by atoms with E-state index in [0.29, 0.717) is 24.2 Å². The van der Waals surface area contributed by atoms with Crippen molar-refractivity contribution in [3.63, 3.8) is 0 Å². The number of fused-ring (bicyclic) bond motifs is 1. The maximum Gasteiger partial charge on any atom is 0.314 e. The Kier molecular flexibility index (Phi) is 5.24. The molecule has 1 aromatic heterocycles. The van der Waals surface area contributed by atoms with Crippen LogP contribution in [0.25, 0.3) is 0 Å². The van der Waals surface area contributed by atoms with Gasteiger partial charge in [0.05, 0.1) is 29.4 Å². The van der Waals surface area contributed by atoms with Crippen LogP contribution < -0.4 is 0 Å². The van der Waals surface area contributed by atoms with Crippen LogP contribution in [-0.2, 0) is 25.9 Å². The van der Waals surface area contributed by atoms with Gasteiger partial charge in [-0.25, -0.2) is 8.42 Å². The quantitative estimate of drug-likeness (QED) is 0.560. The van der Waals surface area contributed by atoms with Crippen LogP contribution in [0.5, 0.6) is 0 Å². The molecule has 0 radical (unpaired) electrons. The fourth-order valence-electron chi connectivity index (χ4n) is 3.52. The van der Waals surface area contributed by atoms with Crippen molar-refractivity contribution >= 4 is 21.6 Å². The molecular weight excluding hydrogens is 366 g/mol. The minimum atomic E-state index is -3.35. The third kappa shape index (κ3) is 3.69. The van der Waals surface area contributed by atoms with Gasteiger partial charge in [-0.2, -0.15) is 0 Å². The van der Waals surface area contributed by atoms with Crippen molar-refractivity contribution in [1.29, 1.82) is 0 Å². The van der Waals surface area contributed by atoms with Crippen molar-refractivity contribution in [3.8, 4) is 0 Å². The Morgan fingerprint density at radius 1 is 1.15 bits per heavy atom. The summed E-state index contributed by atoms with van der Waals surface area (Å²) in [7, 11) is -2.00. The second-order valence-corrected chi connectivity index (χ2v) is 9.22. The van der Waals surface area contributed by atoms with Gasteiger partial charge >= 0.3 is 5.97 Å². The van der Waals surface area contributed by atoms with Gasteiger partial charge in [0.15, 0.2) is 9.84 Å². The van der Waals surface area contributed by atoms with Gasteiger partial charge in [-0.15, -0.1) is 0 Å². The van der Waals surface area contributed by atoms with Gasteiger partial charge in [0.1, 0.15) is 0 Å². The Morgan fingerprint density at radius 2 is 1.81 bits per heavy atom. The van der Waals surface area contributed by atoms with Crippen LogP contribution in [0.4, 0.5) is 0 Å². The predicted octanol–water partition coefficient (Wildman–Crippen LogP) is 2.81. The number of benzene rings is 1. The molecule has 1 aliphatic heterocycles. The summed E-state index contributed by atoms with van der Waals surface area (Å²) in [5.74, 6) is -0.742. The predicted molar refractivity (Wildman–Crippen MR) is 101 cm³/mol. The van der Waals surface area contributed by atoms with Crippen molar-refractivity contribution in [2.24, 2.45) is 5.92 Å². The van der Waals surface area contributed by atoms with E-state index < -0.39 is 9.84 Å². The normalized spacial score (nSPS) is 16.4. The lowest BCUT2D eigenvalue weighted by molar-refractivity contribution is -0.142. The summed E-state index contributed by atoms with van der Waals surface area (Å²) in [5, 5.41) is 0. The highest BCUT2D eigenvalue weighted by molar-refractivity contribution is 7.91. The van der Waals surface area contributed by atoms with Gasteiger partial charge < -0.3 is 9.30 Å². The second-order valence-electron chi connectivity index (χ2n) is 7.19. The van der Waals surface area contributed by atoms with Crippen molar-refractivity contribution < 1.29 is 22.7 Å². The summed E-state index contributed by atoms with van der Waals surface area (Å²) in [5.41, 5.74) is 1.69. The molecule has 0 spiro atoms. The highest BCUT2D eigenvalue weighted by atomic mass is 32.2. The number of carbonyl (C=O) groups excluding carboxylic acids is 2. The number of hydrogen-bond acceptors (Lipinski definition) is 5. The summed E-state index contributed by atoms with van der Waals surface area (Å²) in [6.07, 6.45) is 0.607. The van der Waals surface area contributed by atoms with Crippen molar-refractivity contribution in [1.82, 2.24) is 4.57 Å². The lowest BCUT2D eigenvalue weighted by Gasteiger charge is -2.09. The number of rotatable bonds is 6. The largest absolute Gasteiger partial charge is 0.469 e. The van der Waals surface area contributed by atoms with E-state index in [4.69, 9.17) is 4.74 Å². The van der Waals surface area contributed by atoms with E-state index in [0.717, 1.165) is 5.69 Å². The van der Waals surface area contributed by atoms with Gasteiger partial charge in [-0.1, -0.05) is 13.8 Å². The molecule has 0 saturated carbocycles. The number of aromatic nitrogens is 1. The molecule has 3 rings (SSSR count). The van der Waals surface area contributed by atoms with E-state index in [1.807, 2.05) is 18.4 Å². The molecule has 1 atom stereocenters. The number of ketones is 1. The summed E-state index contributed by atoms with van der Waals surface area (Å²) in [6, 6.07) is 9.54. The molecule has 1 aromatic carbocycles. The number of ether oxygens (including phenoxy) is 1. The van der Waals surface area contributed by atoms with Crippen LogP contribution >= 0.6 is 0 Å². The molecule has 6 nitrogen and oxygen atoms in total. The molecule has 0 aliphatic carbocycles. The van der Waals surface area contributed by atoms with Crippen LogP contribution in [-0.4, -0.2) is 37.6 Å². The molecule has 0 amide bonds.